The topological polar surface area (TPSA) is 52.6 Å². The van der Waals surface area contributed by atoms with Crippen LogP contribution in [0.2, 0.25) is 0 Å². The summed E-state index contributed by atoms with van der Waals surface area (Å²) in [7, 11) is 0. The van der Waals surface area contributed by atoms with Crippen LogP contribution in [0, 0.1) is 17.8 Å². The van der Waals surface area contributed by atoms with E-state index in [4.69, 9.17) is 0 Å². The second-order valence-corrected chi connectivity index (χ2v) is 8.15. The van der Waals surface area contributed by atoms with E-state index in [1.54, 1.807) is 35.2 Å². The second kappa shape index (κ2) is 6.57. The lowest BCUT2D eigenvalue weighted by atomic mass is 9.79. The number of fused-ring (bicyclic) bond motifs is 1. The average Bonchev–Trinajstić information content (AvgIpc) is 3.24. The lowest BCUT2D eigenvalue weighted by Gasteiger charge is -2.36. The van der Waals surface area contributed by atoms with Gasteiger partial charge in [0.05, 0.1) is 0 Å². The number of halogens is 2. The SMILES string of the molecule is O=C(N1CC2CCNCC2C1)[C@](O)(c1ccccc1)[C@@H]1CCC(F)(F)C1. The smallest absolute Gasteiger partial charge is 0.259 e. The molecule has 2 aliphatic heterocycles. The molecule has 4 atom stereocenters. The zero-order chi connectivity index (χ0) is 18.4. The van der Waals surface area contributed by atoms with Gasteiger partial charge in [-0.05, 0) is 43.3 Å². The molecule has 142 valence electrons. The first-order valence-corrected chi connectivity index (χ1v) is 9.56. The third-order valence-electron chi connectivity index (χ3n) is 6.50. The molecule has 2 N–H and O–H groups in total. The van der Waals surface area contributed by atoms with Crippen LogP contribution < -0.4 is 5.32 Å². The van der Waals surface area contributed by atoms with Gasteiger partial charge in [0.1, 0.15) is 0 Å². The van der Waals surface area contributed by atoms with Gasteiger partial charge in [-0.3, -0.25) is 4.79 Å². The zero-order valence-electron chi connectivity index (χ0n) is 14.8. The molecule has 2 heterocycles. The van der Waals surface area contributed by atoms with Gasteiger partial charge in [-0.1, -0.05) is 30.3 Å². The summed E-state index contributed by atoms with van der Waals surface area (Å²) in [5, 5.41) is 14.9. The van der Waals surface area contributed by atoms with Gasteiger partial charge in [-0.15, -0.1) is 0 Å². The number of amides is 1. The molecule has 3 aliphatic rings. The third kappa shape index (κ3) is 3.03. The molecule has 1 amide bonds. The van der Waals surface area contributed by atoms with Crippen LogP contribution >= 0.6 is 0 Å². The van der Waals surface area contributed by atoms with Crippen molar-refractivity contribution in [3.8, 4) is 0 Å². The van der Waals surface area contributed by atoms with E-state index in [0.717, 1.165) is 19.5 Å². The Hall–Kier alpha value is -1.53. The summed E-state index contributed by atoms with van der Waals surface area (Å²) in [5.41, 5.74) is -1.44. The second-order valence-electron chi connectivity index (χ2n) is 8.15. The molecular weight excluding hydrogens is 338 g/mol. The van der Waals surface area contributed by atoms with Crippen molar-refractivity contribution in [3.63, 3.8) is 0 Å². The number of carbonyl (C=O) groups excluding carboxylic acids is 1. The monoisotopic (exact) mass is 364 g/mol. The maximum atomic E-state index is 13.9. The van der Waals surface area contributed by atoms with E-state index >= 15 is 0 Å². The molecule has 26 heavy (non-hydrogen) atoms. The van der Waals surface area contributed by atoms with E-state index < -0.39 is 29.8 Å². The fourth-order valence-electron chi connectivity index (χ4n) is 5.01. The summed E-state index contributed by atoms with van der Waals surface area (Å²) in [5.74, 6) is -3.15. The van der Waals surface area contributed by atoms with E-state index in [1.165, 1.54) is 0 Å². The third-order valence-corrected chi connectivity index (χ3v) is 6.50. The molecule has 0 bridgehead atoms. The molecule has 0 aromatic heterocycles. The summed E-state index contributed by atoms with van der Waals surface area (Å²) in [6.45, 7) is 3.03. The van der Waals surface area contributed by atoms with Gasteiger partial charge >= 0.3 is 0 Å². The van der Waals surface area contributed by atoms with Crippen molar-refractivity contribution in [2.75, 3.05) is 26.2 Å². The Labute approximate surface area is 152 Å². The molecule has 2 unspecified atom stereocenters. The van der Waals surface area contributed by atoms with Crippen LogP contribution in [0.5, 0.6) is 0 Å². The molecule has 2 saturated heterocycles. The minimum Gasteiger partial charge on any atom is -0.375 e. The van der Waals surface area contributed by atoms with Crippen LogP contribution in [0.25, 0.3) is 0 Å². The predicted octanol–water partition coefficient (Wildman–Crippen LogP) is 2.38. The fraction of sp³-hybridized carbons (Fsp3) is 0.650. The van der Waals surface area contributed by atoms with Crippen molar-refractivity contribution in [2.45, 2.75) is 37.2 Å². The number of carbonyl (C=O) groups is 1. The molecule has 1 saturated carbocycles. The summed E-state index contributed by atoms with van der Waals surface area (Å²) in [4.78, 5) is 15.1. The van der Waals surface area contributed by atoms with Crippen molar-refractivity contribution < 1.29 is 18.7 Å². The summed E-state index contributed by atoms with van der Waals surface area (Å²) >= 11 is 0. The fourth-order valence-corrected chi connectivity index (χ4v) is 5.01. The predicted molar refractivity (Wildman–Crippen MR) is 93.7 cm³/mol. The Kier molecular flexibility index (Phi) is 4.51. The van der Waals surface area contributed by atoms with Crippen molar-refractivity contribution in [2.24, 2.45) is 17.8 Å². The highest BCUT2D eigenvalue weighted by molar-refractivity contribution is 5.87. The van der Waals surface area contributed by atoms with Gasteiger partial charge < -0.3 is 15.3 Å². The van der Waals surface area contributed by atoms with E-state index in [-0.39, 0.29) is 12.8 Å². The van der Waals surface area contributed by atoms with Gasteiger partial charge in [-0.25, -0.2) is 8.78 Å². The number of piperidine rings is 1. The Morgan fingerprint density at radius 1 is 1.19 bits per heavy atom. The van der Waals surface area contributed by atoms with Crippen LogP contribution in [-0.2, 0) is 10.4 Å². The number of benzene rings is 1. The Balaban J connectivity index is 1.64. The van der Waals surface area contributed by atoms with Crippen LogP contribution in [-0.4, -0.2) is 48.0 Å². The summed E-state index contributed by atoms with van der Waals surface area (Å²) in [6.07, 6.45) is 0.466. The first kappa shape index (κ1) is 17.9. The van der Waals surface area contributed by atoms with Crippen LogP contribution in [0.15, 0.2) is 30.3 Å². The van der Waals surface area contributed by atoms with Crippen molar-refractivity contribution >= 4 is 5.91 Å². The standard InChI is InChI=1S/C20H26F2N2O2/c21-19(22)8-6-17(10-19)20(26,16-4-2-1-3-5-16)18(25)24-12-14-7-9-23-11-15(14)13-24/h1-5,14-15,17,23,26H,6-13H2/t14?,15?,17-,20+/m1/s1. The Morgan fingerprint density at radius 2 is 1.92 bits per heavy atom. The highest BCUT2D eigenvalue weighted by Crippen LogP contribution is 2.48. The first-order chi connectivity index (χ1) is 12.4. The van der Waals surface area contributed by atoms with Crippen LogP contribution in [0.1, 0.15) is 31.2 Å². The van der Waals surface area contributed by atoms with Gasteiger partial charge in [0.25, 0.3) is 5.91 Å². The molecular formula is C20H26F2N2O2. The summed E-state index contributed by atoms with van der Waals surface area (Å²) in [6, 6.07) is 8.65. The molecule has 1 aromatic carbocycles. The lowest BCUT2D eigenvalue weighted by Crippen LogP contribution is -2.50. The first-order valence-electron chi connectivity index (χ1n) is 9.56. The molecule has 3 fully saturated rings. The molecule has 0 spiro atoms. The normalized spacial score (nSPS) is 32.9. The number of rotatable bonds is 3. The van der Waals surface area contributed by atoms with Gasteiger partial charge in [0.2, 0.25) is 5.92 Å². The maximum Gasteiger partial charge on any atom is 0.259 e. The van der Waals surface area contributed by atoms with E-state index in [1.807, 2.05) is 0 Å². The molecule has 0 radical (unpaired) electrons. The lowest BCUT2D eigenvalue weighted by molar-refractivity contribution is -0.159. The molecule has 6 heteroatoms. The number of nitrogens with zero attached hydrogens (tertiary/aromatic N) is 1. The minimum absolute atomic E-state index is 0.159. The number of nitrogens with one attached hydrogen (secondary N) is 1. The molecule has 1 aliphatic carbocycles. The molecule has 4 nitrogen and oxygen atoms in total. The van der Waals surface area contributed by atoms with E-state index in [0.29, 0.717) is 30.5 Å². The molecule has 1 aromatic rings. The quantitative estimate of drug-likeness (QED) is 0.866. The van der Waals surface area contributed by atoms with Crippen molar-refractivity contribution in [1.82, 2.24) is 10.2 Å². The largest absolute Gasteiger partial charge is 0.375 e. The number of hydrogen-bond acceptors (Lipinski definition) is 3. The molecule has 4 rings (SSSR count). The Morgan fingerprint density at radius 3 is 2.58 bits per heavy atom. The van der Waals surface area contributed by atoms with E-state index in [9.17, 15) is 18.7 Å². The van der Waals surface area contributed by atoms with Crippen LogP contribution in [0.3, 0.4) is 0 Å². The minimum atomic E-state index is -2.81. The number of aliphatic hydroxyl groups is 1. The number of likely N-dealkylation sites (tertiary alicyclic amines) is 1. The maximum absolute atomic E-state index is 13.9. The van der Waals surface area contributed by atoms with Gasteiger partial charge in [-0.2, -0.15) is 0 Å². The van der Waals surface area contributed by atoms with Gasteiger partial charge in [0, 0.05) is 31.8 Å². The average molecular weight is 364 g/mol. The van der Waals surface area contributed by atoms with Gasteiger partial charge in [0.15, 0.2) is 5.60 Å². The van der Waals surface area contributed by atoms with E-state index in [2.05, 4.69) is 5.32 Å². The highest BCUT2D eigenvalue weighted by atomic mass is 19.3. The summed E-state index contributed by atoms with van der Waals surface area (Å²) < 4.78 is 27.8. The Bertz CT molecular complexity index is 655. The van der Waals surface area contributed by atoms with Crippen molar-refractivity contribution in [3.05, 3.63) is 35.9 Å². The number of hydrogen-bond donors (Lipinski definition) is 2. The number of alkyl halides is 2. The highest BCUT2D eigenvalue weighted by Gasteiger charge is 2.55. The zero-order valence-corrected chi connectivity index (χ0v) is 14.8. The van der Waals surface area contributed by atoms with Crippen molar-refractivity contribution in [1.29, 1.82) is 0 Å². The van der Waals surface area contributed by atoms with Crippen LogP contribution in [0.4, 0.5) is 8.78 Å².